The highest BCUT2D eigenvalue weighted by Gasteiger charge is 2.44. The second-order valence-corrected chi connectivity index (χ2v) is 7.41. The zero-order valence-corrected chi connectivity index (χ0v) is 17.6. The van der Waals surface area contributed by atoms with Gasteiger partial charge in [0.15, 0.2) is 0 Å². The normalized spacial score (nSPS) is 17.2. The summed E-state index contributed by atoms with van der Waals surface area (Å²) >= 11 is 0. The fourth-order valence-electron chi connectivity index (χ4n) is 4.16. The highest BCUT2D eigenvalue weighted by Crippen LogP contribution is 2.48. The van der Waals surface area contributed by atoms with Gasteiger partial charge in [-0.15, -0.1) is 0 Å². The van der Waals surface area contributed by atoms with Crippen LogP contribution in [0.1, 0.15) is 37.8 Å². The maximum absolute atomic E-state index is 12.7. The van der Waals surface area contributed by atoms with E-state index in [1.165, 1.54) is 6.07 Å². The van der Waals surface area contributed by atoms with Gasteiger partial charge in [-0.25, -0.2) is 4.79 Å². The molecule has 31 heavy (non-hydrogen) atoms. The van der Waals surface area contributed by atoms with E-state index in [0.717, 1.165) is 23.2 Å². The van der Waals surface area contributed by atoms with Crippen molar-refractivity contribution in [3.05, 3.63) is 53.6 Å². The highest BCUT2D eigenvalue weighted by molar-refractivity contribution is 5.89. The third-order valence-corrected chi connectivity index (χ3v) is 5.48. The Balaban J connectivity index is 1.90. The second kappa shape index (κ2) is 9.65. The van der Waals surface area contributed by atoms with Crippen molar-refractivity contribution in [1.29, 1.82) is 5.26 Å². The zero-order chi connectivity index (χ0) is 22.4. The van der Waals surface area contributed by atoms with Crippen LogP contribution in [0.2, 0.25) is 0 Å². The van der Waals surface area contributed by atoms with Gasteiger partial charge in [0, 0.05) is 37.0 Å². The molecule has 0 radical (unpaired) electrons. The van der Waals surface area contributed by atoms with Crippen molar-refractivity contribution in [2.75, 3.05) is 23.3 Å². The third kappa shape index (κ3) is 4.71. The number of amides is 2. The van der Waals surface area contributed by atoms with Gasteiger partial charge in [-0.05, 0) is 42.7 Å². The Morgan fingerprint density at radius 3 is 2.61 bits per heavy atom. The van der Waals surface area contributed by atoms with Crippen molar-refractivity contribution in [3.8, 4) is 11.8 Å². The summed E-state index contributed by atoms with van der Waals surface area (Å²) in [5, 5.41) is 15.2. The number of hydrogen-bond acceptors (Lipinski definition) is 4. The van der Waals surface area contributed by atoms with Crippen LogP contribution in [0.3, 0.4) is 0 Å². The molecular formula is C23H26F2N4O2. The number of urea groups is 1. The van der Waals surface area contributed by atoms with Gasteiger partial charge in [0.1, 0.15) is 5.75 Å². The molecule has 8 heteroatoms. The molecule has 0 aliphatic carbocycles. The molecule has 164 valence electrons. The molecule has 2 aromatic carbocycles. The van der Waals surface area contributed by atoms with Crippen LogP contribution >= 0.6 is 0 Å². The lowest BCUT2D eigenvalue weighted by atomic mass is 9.83. The summed E-state index contributed by atoms with van der Waals surface area (Å²) in [6.45, 7) is 2.23. The van der Waals surface area contributed by atoms with Gasteiger partial charge in [0.2, 0.25) is 0 Å². The minimum absolute atomic E-state index is 0.0950. The predicted molar refractivity (Wildman–Crippen MR) is 115 cm³/mol. The van der Waals surface area contributed by atoms with Crippen molar-refractivity contribution >= 4 is 17.4 Å². The lowest BCUT2D eigenvalue weighted by molar-refractivity contribution is -0.0498. The van der Waals surface area contributed by atoms with E-state index in [9.17, 15) is 18.8 Å². The van der Waals surface area contributed by atoms with Gasteiger partial charge in [-0.3, -0.25) is 0 Å². The second-order valence-electron chi connectivity index (χ2n) is 7.41. The number of rotatable bonds is 8. The lowest BCUT2D eigenvalue weighted by Crippen LogP contribution is -2.44. The summed E-state index contributed by atoms with van der Waals surface area (Å²) in [5.41, 5.74) is 2.70. The minimum atomic E-state index is -2.90. The SMILES string of the molecule is CCCNC(=O)Nc1ccc(C2(CC#N)Cc3ccc(OC(F)F)cc3N2CC)cc1. The van der Waals surface area contributed by atoms with E-state index < -0.39 is 12.2 Å². The van der Waals surface area contributed by atoms with Crippen molar-refractivity contribution in [2.24, 2.45) is 0 Å². The van der Waals surface area contributed by atoms with Crippen LogP contribution < -0.4 is 20.3 Å². The lowest BCUT2D eigenvalue weighted by Gasteiger charge is -2.39. The fraction of sp³-hybridized carbons (Fsp3) is 0.391. The van der Waals surface area contributed by atoms with E-state index in [1.54, 1.807) is 12.1 Å². The molecular weight excluding hydrogens is 402 g/mol. The summed E-state index contributed by atoms with van der Waals surface area (Å²) in [6.07, 6.45) is 1.65. The van der Waals surface area contributed by atoms with Gasteiger partial charge in [0.05, 0.1) is 18.0 Å². The van der Waals surface area contributed by atoms with E-state index in [2.05, 4.69) is 26.3 Å². The number of carbonyl (C=O) groups is 1. The fourth-order valence-corrected chi connectivity index (χ4v) is 4.16. The Hall–Kier alpha value is -3.34. The average molecular weight is 428 g/mol. The quantitative estimate of drug-likeness (QED) is 0.620. The maximum Gasteiger partial charge on any atom is 0.387 e. The number of nitriles is 1. The number of fused-ring (bicyclic) bond motifs is 1. The van der Waals surface area contributed by atoms with Crippen LogP contribution in [-0.4, -0.2) is 25.7 Å². The Morgan fingerprint density at radius 2 is 2.00 bits per heavy atom. The number of alkyl halides is 2. The molecule has 1 heterocycles. The molecule has 2 amide bonds. The van der Waals surface area contributed by atoms with Gasteiger partial charge < -0.3 is 20.3 Å². The molecule has 0 fully saturated rings. The molecule has 2 N–H and O–H groups in total. The number of carbonyl (C=O) groups excluding carboxylic acids is 1. The van der Waals surface area contributed by atoms with E-state index in [1.807, 2.05) is 38.1 Å². The predicted octanol–water partition coefficient (Wildman–Crippen LogP) is 5.01. The van der Waals surface area contributed by atoms with Gasteiger partial charge in [-0.1, -0.05) is 25.1 Å². The molecule has 2 aromatic rings. The van der Waals surface area contributed by atoms with E-state index in [-0.39, 0.29) is 18.2 Å². The van der Waals surface area contributed by atoms with E-state index in [0.29, 0.717) is 25.2 Å². The molecule has 3 rings (SSSR count). The molecule has 1 aliphatic heterocycles. The number of nitrogens with zero attached hydrogens (tertiary/aromatic N) is 2. The highest BCUT2D eigenvalue weighted by atomic mass is 19.3. The monoisotopic (exact) mass is 428 g/mol. The topological polar surface area (TPSA) is 77.4 Å². The molecule has 0 saturated carbocycles. The Morgan fingerprint density at radius 1 is 1.26 bits per heavy atom. The molecule has 6 nitrogen and oxygen atoms in total. The first-order chi connectivity index (χ1) is 14.9. The summed E-state index contributed by atoms with van der Waals surface area (Å²) in [4.78, 5) is 14.0. The molecule has 1 aliphatic rings. The Kier molecular flexibility index (Phi) is 6.95. The molecule has 0 saturated heterocycles. The summed E-state index contributed by atoms with van der Waals surface area (Å²) in [5.74, 6) is 0.0950. The molecule has 0 bridgehead atoms. The van der Waals surface area contributed by atoms with Crippen LogP contribution in [0.25, 0.3) is 0 Å². The van der Waals surface area contributed by atoms with Crippen molar-refractivity contribution in [2.45, 2.75) is 45.3 Å². The average Bonchev–Trinajstić information content (AvgIpc) is 3.06. The van der Waals surface area contributed by atoms with Crippen LogP contribution in [0.4, 0.5) is 25.0 Å². The van der Waals surface area contributed by atoms with Crippen LogP contribution in [-0.2, 0) is 12.0 Å². The molecule has 0 aromatic heterocycles. The number of hydrogen-bond donors (Lipinski definition) is 2. The molecule has 1 unspecified atom stereocenters. The third-order valence-electron chi connectivity index (χ3n) is 5.48. The standard InChI is InChI=1S/C23H26F2N4O2/c1-3-13-27-22(30)28-18-8-6-17(7-9-18)23(11-12-26)15-16-5-10-19(31-21(24)25)14-20(16)29(23)4-2/h5-10,14,21H,3-4,11,13,15H2,1-2H3,(H2,27,28,30). The smallest absolute Gasteiger partial charge is 0.387 e. The number of ether oxygens (including phenoxy) is 1. The van der Waals surface area contributed by atoms with Crippen molar-refractivity contribution in [1.82, 2.24) is 5.32 Å². The van der Waals surface area contributed by atoms with Gasteiger partial charge in [0.25, 0.3) is 0 Å². The van der Waals surface area contributed by atoms with Gasteiger partial charge >= 0.3 is 12.6 Å². The molecule has 1 atom stereocenters. The number of nitrogens with one attached hydrogen (secondary N) is 2. The van der Waals surface area contributed by atoms with E-state index >= 15 is 0 Å². The Bertz CT molecular complexity index is 959. The first-order valence-corrected chi connectivity index (χ1v) is 10.3. The van der Waals surface area contributed by atoms with Gasteiger partial charge in [-0.2, -0.15) is 14.0 Å². The maximum atomic E-state index is 12.7. The van der Waals surface area contributed by atoms with Crippen LogP contribution in [0.5, 0.6) is 5.75 Å². The summed E-state index contributed by atoms with van der Waals surface area (Å²) in [6, 6.07) is 14.4. The minimum Gasteiger partial charge on any atom is -0.435 e. The first kappa shape index (κ1) is 22.3. The molecule has 0 spiro atoms. The number of benzene rings is 2. The zero-order valence-electron chi connectivity index (χ0n) is 17.6. The van der Waals surface area contributed by atoms with E-state index in [4.69, 9.17) is 0 Å². The van der Waals surface area contributed by atoms with Crippen LogP contribution in [0.15, 0.2) is 42.5 Å². The summed E-state index contributed by atoms with van der Waals surface area (Å²) < 4.78 is 29.9. The van der Waals surface area contributed by atoms with Crippen molar-refractivity contribution < 1.29 is 18.3 Å². The van der Waals surface area contributed by atoms with Crippen molar-refractivity contribution in [3.63, 3.8) is 0 Å². The largest absolute Gasteiger partial charge is 0.435 e. The Labute approximate surface area is 180 Å². The summed E-state index contributed by atoms with van der Waals surface area (Å²) in [7, 11) is 0. The number of halogens is 2. The number of anilines is 2. The van der Waals surface area contributed by atoms with Crippen LogP contribution in [0, 0.1) is 11.3 Å². The first-order valence-electron chi connectivity index (χ1n) is 10.3. The number of likely N-dealkylation sites (N-methyl/N-ethyl adjacent to an activating group) is 1.